The maximum Gasteiger partial charge on any atom is 0.165 e. The Morgan fingerprint density at radius 1 is 1.29 bits per heavy atom. The molecule has 3 nitrogen and oxygen atoms in total. The van der Waals surface area contributed by atoms with Crippen LogP contribution in [0.4, 0.5) is 4.39 Å². The van der Waals surface area contributed by atoms with Gasteiger partial charge in [-0.15, -0.1) is 0 Å². The Labute approximate surface area is 99.8 Å². The topological polar surface area (TPSA) is 49.7 Å². The van der Waals surface area contributed by atoms with E-state index in [0.29, 0.717) is 18.4 Å². The van der Waals surface area contributed by atoms with Gasteiger partial charge in [0.15, 0.2) is 11.6 Å². The van der Waals surface area contributed by atoms with Crippen molar-refractivity contribution in [2.24, 2.45) is 0 Å². The molecule has 94 valence electrons. The molecule has 0 bridgehead atoms. The highest BCUT2D eigenvalue weighted by atomic mass is 19.1. The molecule has 1 aromatic rings. The van der Waals surface area contributed by atoms with Gasteiger partial charge in [0.25, 0.3) is 0 Å². The first-order valence-corrected chi connectivity index (χ1v) is 5.87. The number of halogens is 1. The summed E-state index contributed by atoms with van der Waals surface area (Å²) in [5.74, 6) is -0.374. The molecule has 0 aliphatic heterocycles. The Balaban J connectivity index is 1.99. The summed E-state index contributed by atoms with van der Waals surface area (Å²) in [6.07, 6.45) is 3.41. The molecule has 1 aliphatic rings. The Bertz CT molecular complexity index is 386. The summed E-state index contributed by atoms with van der Waals surface area (Å²) in [5, 5.41) is 18.9. The molecule has 17 heavy (non-hydrogen) atoms. The van der Waals surface area contributed by atoms with Crippen LogP contribution >= 0.6 is 0 Å². The van der Waals surface area contributed by atoms with Crippen LogP contribution in [0.2, 0.25) is 0 Å². The normalized spacial score (nSPS) is 18.3. The van der Waals surface area contributed by atoms with Gasteiger partial charge in [0, 0.05) is 0 Å². The van der Waals surface area contributed by atoms with E-state index in [1.165, 1.54) is 12.1 Å². The lowest BCUT2D eigenvalue weighted by Gasteiger charge is -2.22. The maximum atomic E-state index is 13.5. The monoisotopic (exact) mass is 240 g/mol. The number of hydrogen-bond donors (Lipinski definition) is 2. The molecule has 0 amide bonds. The smallest absolute Gasteiger partial charge is 0.165 e. The Morgan fingerprint density at radius 2 is 2.00 bits per heavy atom. The molecule has 0 radical (unpaired) electrons. The minimum absolute atomic E-state index is 0.127. The van der Waals surface area contributed by atoms with Crippen molar-refractivity contribution in [3.8, 4) is 5.75 Å². The molecule has 0 aromatic heterocycles. The molecule has 0 spiro atoms. The number of benzene rings is 1. The minimum atomic E-state index is -0.803. The molecular formula is C13H17FO3. The van der Waals surface area contributed by atoms with Gasteiger partial charge in [0.1, 0.15) is 6.61 Å². The fourth-order valence-electron chi connectivity index (χ4n) is 2.15. The second-order valence-electron chi connectivity index (χ2n) is 4.64. The van der Waals surface area contributed by atoms with Crippen molar-refractivity contribution in [2.75, 3.05) is 6.61 Å². The van der Waals surface area contributed by atoms with Crippen molar-refractivity contribution in [3.05, 3.63) is 29.6 Å². The van der Waals surface area contributed by atoms with Crippen LogP contribution < -0.4 is 4.74 Å². The van der Waals surface area contributed by atoms with Crippen LogP contribution in [-0.4, -0.2) is 22.4 Å². The summed E-state index contributed by atoms with van der Waals surface area (Å²) in [6, 6.07) is 4.34. The highest BCUT2D eigenvalue weighted by Gasteiger charge is 2.32. The van der Waals surface area contributed by atoms with Crippen molar-refractivity contribution in [3.63, 3.8) is 0 Å². The first-order valence-electron chi connectivity index (χ1n) is 5.87. The van der Waals surface area contributed by atoms with E-state index in [-0.39, 0.29) is 19.0 Å². The van der Waals surface area contributed by atoms with E-state index in [4.69, 9.17) is 9.84 Å². The van der Waals surface area contributed by atoms with Gasteiger partial charge in [0.2, 0.25) is 0 Å². The van der Waals surface area contributed by atoms with Gasteiger partial charge in [-0.3, -0.25) is 0 Å². The number of aliphatic hydroxyl groups is 2. The second-order valence-corrected chi connectivity index (χ2v) is 4.64. The first-order chi connectivity index (χ1) is 8.13. The predicted molar refractivity (Wildman–Crippen MR) is 61.2 cm³/mol. The molecule has 0 atom stereocenters. The first kappa shape index (κ1) is 12.3. The van der Waals surface area contributed by atoms with E-state index >= 15 is 0 Å². The fraction of sp³-hybridized carbons (Fsp3) is 0.538. The molecule has 1 fully saturated rings. The molecule has 2 rings (SSSR count). The SMILES string of the molecule is OCc1ccc(OCC2(O)CCCC2)c(F)c1. The Kier molecular flexibility index (Phi) is 3.64. The van der Waals surface area contributed by atoms with E-state index in [9.17, 15) is 9.50 Å². The third-order valence-electron chi connectivity index (χ3n) is 3.21. The zero-order chi connectivity index (χ0) is 12.3. The molecule has 2 N–H and O–H groups in total. The molecule has 0 unspecified atom stereocenters. The summed E-state index contributed by atoms with van der Waals surface area (Å²) in [6.45, 7) is -0.0659. The molecule has 0 saturated heterocycles. The van der Waals surface area contributed by atoms with Crippen molar-refractivity contribution >= 4 is 0 Å². The summed E-state index contributed by atoms with van der Waals surface area (Å²) in [5.41, 5.74) is -0.295. The van der Waals surface area contributed by atoms with Crippen LogP contribution in [-0.2, 0) is 6.61 Å². The van der Waals surface area contributed by atoms with E-state index in [0.717, 1.165) is 12.8 Å². The molecule has 1 saturated carbocycles. The lowest BCUT2D eigenvalue weighted by atomic mass is 10.0. The summed E-state index contributed by atoms with van der Waals surface area (Å²) >= 11 is 0. The van der Waals surface area contributed by atoms with Crippen molar-refractivity contribution in [1.82, 2.24) is 0 Å². The third-order valence-corrected chi connectivity index (χ3v) is 3.21. The van der Waals surface area contributed by atoms with E-state index in [1.54, 1.807) is 6.07 Å². The van der Waals surface area contributed by atoms with Crippen LogP contribution in [0.15, 0.2) is 18.2 Å². The van der Waals surface area contributed by atoms with Gasteiger partial charge >= 0.3 is 0 Å². The van der Waals surface area contributed by atoms with Gasteiger partial charge in [-0.1, -0.05) is 18.9 Å². The average molecular weight is 240 g/mol. The number of ether oxygens (including phenoxy) is 1. The quantitative estimate of drug-likeness (QED) is 0.846. The molecule has 0 heterocycles. The standard InChI is InChI=1S/C13H17FO3/c14-11-7-10(8-15)3-4-12(11)17-9-13(16)5-1-2-6-13/h3-4,7,15-16H,1-2,5-6,8-9H2. The zero-order valence-electron chi connectivity index (χ0n) is 9.66. The maximum absolute atomic E-state index is 13.5. The number of hydrogen-bond acceptors (Lipinski definition) is 3. The largest absolute Gasteiger partial charge is 0.488 e. The molecular weight excluding hydrogens is 223 g/mol. The highest BCUT2D eigenvalue weighted by Crippen LogP contribution is 2.30. The lowest BCUT2D eigenvalue weighted by molar-refractivity contribution is 0.000315. The van der Waals surface area contributed by atoms with Crippen molar-refractivity contribution in [2.45, 2.75) is 37.9 Å². The van der Waals surface area contributed by atoms with Crippen LogP contribution in [0, 0.1) is 5.82 Å². The van der Waals surface area contributed by atoms with Gasteiger partial charge in [-0.25, -0.2) is 4.39 Å². The van der Waals surface area contributed by atoms with Crippen molar-refractivity contribution < 1.29 is 19.3 Å². The van der Waals surface area contributed by atoms with Crippen LogP contribution in [0.5, 0.6) is 5.75 Å². The molecule has 1 aliphatic carbocycles. The van der Waals surface area contributed by atoms with Gasteiger partial charge in [-0.2, -0.15) is 0 Å². The van der Waals surface area contributed by atoms with E-state index in [1.807, 2.05) is 0 Å². The highest BCUT2D eigenvalue weighted by molar-refractivity contribution is 5.29. The van der Waals surface area contributed by atoms with Crippen molar-refractivity contribution in [1.29, 1.82) is 0 Å². The van der Waals surface area contributed by atoms with E-state index in [2.05, 4.69) is 0 Å². The van der Waals surface area contributed by atoms with Crippen LogP contribution in [0.3, 0.4) is 0 Å². The molecule has 4 heteroatoms. The number of rotatable bonds is 4. The van der Waals surface area contributed by atoms with E-state index < -0.39 is 11.4 Å². The Morgan fingerprint density at radius 3 is 2.59 bits per heavy atom. The van der Waals surface area contributed by atoms with Gasteiger partial charge in [-0.05, 0) is 30.5 Å². The number of aliphatic hydroxyl groups excluding tert-OH is 1. The van der Waals surface area contributed by atoms with Gasteiger partial charge in [0.05, 0.1) is 12.2 Å². The fourth-order valence-corrected chi connectivity index (χ4v) is 2.15. The van der Waals surface area contributed by atoms with Crippen LogP contribution in [0.1, 0.15) is 31.2 Å². The molecule has 1 aromatic carbocycles. The van der Waals surface area contributed by atoms with Gasteiger partial charge < -0.3 is 14.9 Å². The predicted octanol–water partition coefficient (Wildman–Crippen LogP) is 2.00. The third kappa shape index (κ3) is 2.96. The lowest BCUT2D eigenvalue weighted by Crippen LogP contribution is -2.32. The average Bonchev–Trinajstić information content (AvgIpc) is 2.75. The Hall–Kier alpha value is -1.13. The minimum Gasteiger partial charge on any atom is -0.488 e. The summed E-state index contributed by atoms with van der Waals surface area (Å²) in [7, 11) is 0. The second kappa shape index (κ2) is 5.02. The summed E-state index contributed by atoms with van der Waals surface area (Å²) in [4.78, 5) is 0. The zero-order valence-corrected chi connectivity index (χ0v) is 9.66. The summed E-state index contributed by atoms with van der Waals surface area (Å²) < 4.78 is 18.8. The van der Waals surface area contributed by atoms with Crippen LogP contribution in [0.25, 0.3) is 0 Å².